The number of Topliss-reactive ketones (excluding diaryl/α,β-unsaturated/α-hetero) is 1. The number of carbonyl (C=O) groups is 4. The van der Waals surface area contributed by atoms with Crippen molar-refractivity contribution < 1.29 is 28.7 Å². The molecule has 1 saturated heterocycles. The molecule has 1 aliphatic rings. The van der Waals surface area contributed by atoms with Crippen molar-refractivity contribution in [2.45, 2.75) is 111 Å². The van der Waals surface area contributed by atoms with E-state index in [1.807, 2.05) is 48.6 Å². The van der Waals surface area contributed by atoms with Crippen molar-refractivity contribution in [3.05, 3.63) is 16.1 Å². The zero-order valence-electron chi connectivity index (χ0n) is 26.3. The van der Waals surface area contributed by atoms with Crippen molar-refractivity contribution in [1.29, 1.82) is 0 Å². The van der Waals surface area contributed by atoms with Crippen LogP contribution < -0.4 is 0 Å². The summed E-state index contributed by atoms with van der Waals surface area (Å²) in [6.07, 6.45) is 5.36. The van der Waals surface area contributed by atoms with Crippen LogP contribution in [0.5, 0.6) is 0 Å². The number of piperidine rings is 1. The Morgan fingerprint density at radius 1 is 1.15 bits per heavy atom. The van der Waals surface area contributed by atoms with Gasteiger partial charge in [-0.05, 0) is 51.1 Å². The Labute approximate surface area is 250 Å². The average molecular weight is 594 g/mol. The number of hydrogen-bond donors (Lipinski definition) is 0. The quantitative estimate of drug-likeness (QED) is 0.178. The van der Waals surface area contributed by atoms with Gasteiger partial charge in [-0.25, -0.2) is 9.78 Å². The number of amides is 1. The molecule has 0 bridgehead atoms. The number of likely N-dealkylation sites (tertiary alicyclic amines) is 1. The molecular weight excluding hydrogens is 542 g/mol. The van der Waals surface area contributed by atoms with Gasteiger partial charge in [-0.1, -0.05) is 54.4 Å². The van der Waals surface area contributed by atoms with Crippen LogP contribution in [0.15, 0.2) is 5.38 Å². The van der Waals surface area contributed by atoms with Crippen LogP contribution in [0.3, 0.4) is 0 Å². The largest absolute Gasteiger partial charge is 0.464 e. The molecule has 0 radical (unpaired) electrons. The second kappa shape index (κ2) is 16.9. The van der Waals surface area contributed by atoms with E-state index in [1.54, 1.807) is 10.3 Å². The summed E-state index contributed by atoms with van der Waals surface area (Å²) in [4.78, 5) is 60.6. The molecule has 2 rings (SSSR count). The van der Waals surface area contributed by atoms with E-state index in [0.29, 0.717) is 12.8 Å². The van der Waals surface area contributed by atoms with Crippen molar-refractivity contribution in [3.8, 4) is 0 Å². The maximum Gasteiger partial charge on any atom is 0.357 e. The minimum Gasteiger partial charge on any atom is -0.464 e. The lowest BCUT2D eigenvalue weighted by molar-refractivity contribution is -0.160. The number of ether oxygens (including phenoxy) is 2. The van der Waals surface area contributed by atoms with E-state index in [9.17, 15) is 19.2 Å². The van der Waals surface area contributed by atoms with E-state index in [-0.39, 0.29) is 72.8 Å². The summed E-state index contributed by atoms with van der Waals surface area (Å²) in [7, 11) is 3.31. The Hall–Kier alpha value is -2.33. The summed E-state index contributed by atoms with van der Waals surface area (Å²) < 4.78 is 10.4. The number of methoxy groups -OCH3 is 1. The first kappa shape index (κ1) is 34.9. The van der Waals surface area contributed by atoms with Crippen LogP contribution in [0.4, 0.5) is 0 Å². The van der Waals surface area contributed by atoms with Crippen molar-refractivity contribution in [2.75, 3.05) is 27.4 Å². The smallest absolute Gasteiger partial charge is 0.357 e. The van der Waals surface area contributed by atoms with E-state index >= 15 is 0 Å². The SMILES string of the molecule is CCCC(=O)OCN(C(=O)[C@@H](CC(=O)C1CCCCN1C)[C@@H](C)CC)[C@H](C[C@@H](C)c1nc(C(=O)OC)cs1)C(C)C. The monoisotopic (exact) mass is 593 g/mol. The van der Waals surface area contributed by atoms with Gasteiger partial charge in [0.25, 0.3) is 0 Å². The third-order valence-electron chi connectivity index (χ3n) is 8.42. The van der Waals surface area contributed by atoms with Gasteiger partial charge in [0.05, 0.1) is 18.2 Å². The third-order valence-corrected chi connectivity index (χ3v) is 9.49. The van der Waals surface area contributed by atoms with Crippen LogP contribution in [0.25, 0.3) is 0 Å². The number of likely N-dealkylation sites (N-methyl/N-ethyl adjacent to an activating group) is 1. The van der Waals surface area contributed by atoms with Crippen LogP contribution in [-0.2, 0) is 23.9 Å². The van der Waals surface area contributed by atoms with Crippen LogP contribution in [-0.4, -0.2) is 77.9 Å². The molecule has 1 aromatic rings. The first-order chi connectivity index (χ1) is 19.4. The molecule has 232 valence electrons. The van der Waals surface area contributed by atoms with Gasteiger partial charge in [0.15, 0.2) is 18.2 Å². The van der Waals surface area contributed by atoms with Crippen molar-refractivity contribution in [2.24, 2.45) is 17.8 Å². The molecule has 0 saturated carbocycles. The summed E-state index contributed by atoms with van der Waals surface area (Å²) in [5.74, 6) is -1.39. The lowest BCUT2D eigenvalue weighted by Crippen LogP contribution is -2.50. The first-order valence-corrected chi connectivity index (χ1v) is 16.1. The molecule has 5 atom stereocenters. The van der Waals surface area contributed by atoms with Crippen molar-refractivity contribution >= 4 is 35.0 Å². The second-order valence-electron chi connectivity index (χ2n) is 11.9. The molecule has 1 aromatic heterocycles. The molecule has 0 spiro atoms. The third kappa shape index (κ3) is 9.87. The molecule has 41 heavy (non-hydrogen) atoms. The molecule has 10 heteroatoms. The maximum absolute atomic E-state index is 14.4. The van der Waals surface area contributed by atoms with E-state index in [4.69, 9.17) is 9.47 Å². The highest BCUT2D eigenvalue weighted by Gasteiger charge is 2.38. The van der Waals surface area contributed by atoms with Gasteiger partial charge < -0.3 is 14.4 Å². The fourth-order valence-corrected chi connectivity index (χ4v) is 6.40. The number of esters is 2. The number of ketones is 1. The molecule has 0 aliphatic carbocycles. The highest BCUT2D eigenvalue weighted by molar-refractivity contribution is 7.09. The van der Waals surface area contributed by atoms with Crippen LogP contribution in [0, 0.1) is 17.8 Å². The highest BCUT2D eigenvalue weighted by Crippen LogP contribution is 2.32. The topological polar surface area (TPSA) is 106 Å². The van der Waals surface area contributed by atoms with Crippen molar-refractivity contribution in [1.82, 2.24) is 14.8 Å². The Balaban J connectivity index is 2.37. The number of rotatable bonds is 16. The average Bonchev–Trinajstić information content (AvgIpc) is 3.45. The summed E-state index contributed by atoms with van der Waals surface area (Å²) in [6.45, 7) is 12.8. The normalized spacial score (nSPS) is 18.8. The van der Waals surface area contributed by atoms with Gasteiger partial charge in [-0.3, -0.25) is 19.3 Å². The van der Waals surface area contributed by atoms with E-state index in [0.717, 1.165) is 37.2 Å². The van der Waals surface area contributed by atoms with Gasteiger partial charge in [-0.2, -0.15) is 0 Å². The summed E-state index contributed by atoms with van der Waals surface area (Å²) in [5, 5.41) is 2.46. The lowest BCUT2D eigenvalue weighted by Gasteiger charge is -2.39. The summed E-state index contributed by atoms with van der Waals surface area (Å²) in [6, 6.07) is -0.426. The zero-order chi connectivity index (χ0) is 30.7. The molecule has 1 fully saturated rings. The molecule has 2 heterocycles. The van der Waals surface area contributed by atoms with E-state index in [2.05, 4.69) is 9.88 Å². The van der Waals surface area contributed by atoms with E-state index < -0.39 is 11.9 Å². The summed E-state index contributed by atoms with van der Waals surface area (Å²) in [5.41, 5.74) is 0.268. The summed E-state index contributed by atoms with van der Waals surface area (Å²) >= 11 is 1.39. The van der Waals surface area contributed by atoms with Crippen LogP contribution in [0.1, 0.15) is 114 Å². The zero-order valence-corrected chi connectivity index (χ0v) is 27.1. The molecule has 9 nitrogen and oxygen atoms in total. The van der Waals surface area contributed by atoms with Crippen LogP contribution in [0.2, 0.25) is 0 Å². The Bertz CT molecular complexity index is 1010. The number of carbonyl (C=O) groups excluding carboxylic acids is 4. The fraction of sp³-hybridized carbons (Fsp3) is 0.774. The molecule has 0 N–H and O–H groups in total. The first-order valence-electron chi connectivity index (χ1n) is 15.2. The molecule has 1 unspecified atom stereocenters. The molecule has 0 aromatic carbocycles. The minimum atomic E-state index is -0.505. The highest BCUT2D eigenvalue weighted by atomic mass is 32.1. The van der Waals surface area contributed by atoms with Crippen molar-refractivity contribution in [3.63, 3.8) is 0 Å². The fourth-order valence-electron chi connectivity index (χ4n) is 5.54. The molecule has 1 amide bonds. The predicted octanol–water partition coefficient (Wildman–Crippen LogP) is 5.68. The van der Waals surface area contributed by atoms with Gasteiger partial charge in [0.2, 0.25) is 5.91 Å². The number of hydrogen-bond acceptors (Lipinski definition) is 9. The standard InChI is InChI=1S/C31H51N3O6S/c1-9-13-28(36)40-19-34(26(20(3)4)16-22(6)29-32-24(18-41-29)31(38)39-8)30(37)23(21(5)10-2)17-27(35)25-14-11-12-15-33(25)7/h18,20-23,25-26H,9-17,19H2,1-8H3/t21-,22+,23-,25?,26+/m0/s1. The predicted molar refractivity (Wildman–Crippen MR) is 161 cm³/mol. The molecule has 1 aliphatic heterocycles. The number of nitrogens with zero attached hydrogens (tertiary/aromatic N) is 3. The lowest BCUT2D eigenvalue weighted by atomic mass is 9.82. The number of aromatic nitrogens is 1. The molecular formula is C31H51N3O6S. The van der Waals surface area contributed by atoms with Gasteiger partial charge in [0.1, 0.15) is 0 Å². The Morgan fingerprint density at radius 2 is 1.85 bits per heavy atom. The van der Waals surface area contributed by atoms with Gasteiger partial charge in [-0.15, -0.1) is 11.3 Å². The van der Waals surface area contributed by atoms with Crippen LogP contribution >= 0.6 is 11.3 Å². The van der Waals surface area contributed by atoms with Gasteiger partial charge >= 0.3 is 11.9 Å². The second-order valence-corrected chi connectivity index (χ2v) is 12.8. The Kier molecular flexibility index (Phi) is 14.4. The Morgan fingerprint density at radius 3 is 2.44 bits per heavy atom. The van der Waals surface area contributed by atoms with Gasteiger partial charge in [0, 0.05) is 36.1 Å². The number of thiazole rings is 1. The van der Waals surface area contributed by atoms with E-state index in [1.165, 1.54) is 18.4 Å². The minimum absolute atomic E-state index is 0.0130. The maximum atomic E-state index is 14.4.